The first-order chi connectivity index (χ1) is 16.5. The van der Waals surface area contributed by atoms with Gasteiger partial charge in [-0.05, 0) is 85.8 Å². The van der Waals surface area contributed by atoms with Crippen molar-refractivity contribution >= 4 is 28.8 Å². The minimum Gasteiger partial charge on any atom is -0.331 e. The van der Waals surface area contributed by atoms with Gasteiger partial charge in [0.05, 0.1) is 11.6 Å². The quantitative estimate of drug-likeness (QED) is 0.436. The average molecular weight is 480 g/mol. The Labute approximate surface area is 202 Å². The van der Waals surface area contributed by atoms with Gasteiger partial charge >= 0.3 is 0 Å². The molecular weight excluding hydrogens is 450 g/mol. The Morgan fingerprint density at radius 3 is 2.32 bits per heavy atom. The molecule has 2 unspecified atom stereocenters. The van der Waals surface area contributed by atoms with E-state index in [-0.39, 0.29) is 11.8 Å². The third kappa shape index (κ3) is 4.40. The molecule has 0 saturated carbocycles. The monoisotopic (exact) mass is 479 g/mol. The van der Waals surface area contributed by atoms with Crippen LogP contribution in [0.3, 0.4) is 0 Å². The Kier molecular flexibility index (Phi) is 6.52. The van der Waals surface area contributed by atoms with Crippen molar-refractivity contribution < 1.29 is 18.4 Å². The van der Waals surface area contributed by atoms with Gasteiger partial charge in [-0.25, -0.2) is 4.21 Å². The summed E-state index contributed by atoms with van der Waals surface area (Å²) in [5.41, 5.74) is 6.85. The van der Waals surface area contributed by atoms with Crippen molar-refractivity contribution in [2.45, 2.75) is 57.4 Å². The minimum atomic E-state index is -2.32. The van der Waals surface area contributed by atoms with E-state index in [9.17, 15) is 18.4 Å². The molecule has 3 N–H and O–H groups in total. The standard InChI is InChI=1S/C26H29N3O4S/c30-25(28-24-20-11-4-9-18(20)15-19-10-5-12-21(19)24)22(16-27-34(32)33)23-13-6-14-29(23)26(31)17-7-2-1-3-8-17/h1-3,7-8,15-16,23,27H,4-6,9-14H2,(H,28,30)(H,32,33). The first-order valence-electron chi connectivity index (χ1n) is 11.9. The molecular formula is C26H29N3O4S. The molecule has 1 saturated heterocycles. The first-order valence-corrected chi connectivity index (χ1v) is 13.0. The Morgan fingerprint density at radius 2 is 1.68 bits per heavy atom. The van der Waals surface area contributed by atoms with Crippen molar-refractivity contribution in [3.05, 3.63) is 76.0 Å². The third-order valence-corrected chi connectivity index (χ3v) is 7.50. The molecule has 1 aliphatic heterocycles. The first kappa shape index (κ1) is 22.8. The molecule has 0 radical (unpaired) electrons. The Balaban J connectivity index is 1.47. The predicted octanol–water partition coefficient (Wildman–Crippen LogP) is 3.52. The van der Waals surface area contributed by atoms with Gasteiger partial charge in [-0.15, -0.1) is 0 Å². The highest BCUT2D eigenvalue weighted by Gasteiger charge is 2.36. The van der Waals surface area contributed by atoms with Crippen LogP contribution < -0.4 is 10.0 Å². The summed E-state index contributed by atoms with van der Waals surface area (Å²) in [4.78, 5) is 28.6. The second kappa shape index (κ2) is 9.72. The lowest BCUT2D eigenvalue weighted by Gasteiger charge is -2.27. The number of likely N-dealkylation sites (tertiary alicyclic amines) is 1. The number of anilines is 1. The van der Waals surface area contributed by atoms with E-state index in [1.165, 1.54) is 28.5 Å². The van der Waals surface area contributed by atoms with E-state index in [2.05, 4.69) is 16.1 Å². The van der Waals surface area contributed by atoms with Crippen LogP contribution in [-0.2, 0) is 41.7 Å². The number of carbonyl (C=O) groups excluding carboxylic acids is 2. The van der Waals surface area contributed by atoms with E-state index in [1.54, 1.807) is 17.0 Å². The number of hydrogen-bond donors (Lipinski definition) is 3. The summed E-state index contributed by atoms with van der Waals surface area (Å²) >= 11 is -2.32. The lowest BCUT2D eigenvalue weighted by Crippen LogP contribution is -2.40. The van der Waals surface area contributed by atoms with E-state index < -0.39 is 17.3 Å². The van der Waals surface area contributed by atoms with Crippen LogP contribution in [0.4, 0.5) is 5.69 Å². The van der Waals surface area contributed by atoms with E-state index >= 15 is 0 Å². The SMILES string of the molecule is O=C(Nc1c2c(cc3c1CCC3)CCC2)C(=CNS(=O)O)C1CCCN1C(=O)c1ccccc1. The lowest BCUT2D eigenvalue weighted by atomic mass is 9.97. The third-order valence-electron chi connectivity index (χ3n) is 7.18. The molecule has 7 nitrogen and oxygen atoms in total. The van der Waals surface area contributed by atoms with Crippen LogP contribution in [0, 0.1) is 0 Å². The van der Waals surface area contributed by atoms with Gasteiger partial charge in [-0.1, -0.05) is 24.3 Å². The van der Waals surface area contributed by atoms with Gasteiger partial charge < -0.3 is 10.2 Å². The molecule has 0 aromatic heterocycles. The van der Waals surface area contributed by atoms with Crippen LogP contribution in [0.25, 0.3) is 0 Å². The summed E-state index contributed by atoms with van der Waals surface area (Å²) in [6.45, 7) is 0.529. The van der Waals surface area contributed by atoms with Crippen LogP contribution in [-0.4, -0.2) is 38.1 Å². The molecule has 2 aromatic carbocycles. The van der Waals surface area contributed by atoms with Crippen LogP contribution in [0.2, 0.25) is 0 Å². The van der Waals surface area contributed by atoms with Gasteiger partial charge in [0.15, 0.2) is 0 Å². The highest BCUT2D eigenvalue weighted by molar-refractivity contribution is 7.77. The molecule has 34 heavy (non-hydrogen) atoms. The maximum atomic E-state index is 13.7. The molecule has 2 atom stereocenters. The van der Waals surface area contributed by atoms with Gasteiger partial charge in [-0.2, -0.15) is 0 Å². The topological polar surface area (TPSA) is 98.7 Å². The largest absolute Gasteiger partial charge is 0.331 e. The number of rotatable bonds is 6. The lowest BCUT2D eigenvalue weighted by molar-refractivity contribution is -0.113. The fourth-order valence-electron chi connectivity index (χ4n) is 5.66. The molecule has 178 valence electrons. The highest BCUT2D eigenvalue weighted by Crippen LogP contribution is 2.39. The van der Waals surface area contributed by atoms with Gasteiger partial charge in [0.1, 0.15) is 0 Å². The summed E-state index contributed by atoms with van der Waals surface area (Å²) in [6, 6.07) is 10.8. The molecule has 8 heteroatoms. The van der Waals surface area contributed by atoms with Crippen molar-refractivity contribution in [3.8, 4) is 0 Å². The highest BCUT2D eigenvalue weighted by atomic mass is 32.2. The van der Waals surface area contributed by atoms with Gasteiger partial charge in [0.25, 0.3) is 23.1 Å². The maximum Gasteiger partial charge on any atom is 0.258 e. The number of amides is 2. The molecule has 0 spiro atoms. The zero-order chi connectivity index (χ0) is 23.7. The maximum absolute atomic E-state index is 13.7. The van der Waals surface area contributed by atoms with Crippen LogP contribution in [0.15, 0.2) is 48.2 Å². The second-order valence-electron chi connectivity index (χ2n) is 9.18. The van der Waals surface area contributed by atoms with Crippen molar-refractivity contribution in [1.82, 2.24) is 9.62 Å². The van der Waals surface area contributed by atoms with Gasteiger partial charge in [0.2, 0.25) is 0 Å². The van der Waals surface area contributed by atoms with Crippen LogP contribution in [0.5, 0.6) is 0 Å². The Bertz CT molecular complexity index is 1150. The predicted molar refractivity (Wildman–Crippen MR) is 132 cm³/mol. The normalized spacial score (nSPS) is 20.1. The van der Waals surface area contributed by atoms with Crippen molar-refractivity contribution in [3.63, 3.8) is 0 Å². The number of benzene rings is 2. The fourth-order valence-corrected chi connectivity index (χ4v) is 5.89. The Morgan fingerprint density at radius 1 is 1.00 bits per heavy atom. The zero-order valence-electron chi connectivity index (χ0n) is 19.0. The van der Waals surface area contributed by atoms with Crippen molar-refractivity contribution in [2.75, 3.05) is 11.9 Å². The summed E-state index contributed by atoms with van der Waals surface area (Å²) in [6.07, 6.45) is 8.78. The molecule has 1 heterocycles. The van der Waals surface area contributed by atoms with Crippen molar-refractivity contribution in [1.29, 1.82) is 0 Å². The van der Waals surface area contributed by atoms with Gasteiger partial charge in [0, 0.05) is 24.0 Å². The summed E-state index contributed by atoms with van der Waals surface area (Å²) in [5.74, 6) is -0.474. The Hall–Kier alpha value is -2.97. The van der Waals surface area contributed by atoms with Crippen molar-refractivity contribution in [2.24, 2.45) is 0 Å². The molecule has 2 aliphatic carbocycles. The number of carbonyl (C=O) groups is 2. The van der Waals surface area contributed by atoms with Crippen LogP contribution in [0.1, 0.15) is 58.3 Å². The summed E-state index contributed by atoms with van der Waals surface area (Å²) in [5, 5.41) is 3.18. The zero-order valence-corrected chi connectivity index (χ0v) is 19.8. The molecule has 0 bridgehead atoms. The summed E-state index contributed by atoms with van der Waals surface area (Å²) < 4.78 is 23.1. The minimum absolute atomic E-state index is 0.145. The van der Waals surface area contributed by atoms with Crippen LogP contribution >= 0.6 is 0 Å². The van der Waals surface area contributed by atoms with E-state index in [0.717, 1.165) is 50.6 Å². The van der Waals surface area contributed by atoms with E-state index in [0.29, 0.717) is 24.1 Å². The van der Waals surface area contributed by atoms with E-state index in [4.69, 9.17) is 0 Å². The number of hydrogen-bond acceptors (Lipinski definition) is 3. The smallest absolute Gasteiger partial charge is 0.258 e. The molecule has 5 rings (SSSR count). The molecule has 2 aromatic rings. The number of nitrogens with zero attached hydrogens (tertiary/aromatic N) is 1. The average Bonchev–Trinajstić information content (AvgIpc) is 3.60. The molecule has 3 aliphatic rings. The molecule has 1 fully saturated rings. The number of nitrogens with one attached hydrogen (secondary N) is 2. The second-order valence-corrected chi connectivity index (χ2v) is 9.91. The van der Waals surface area contributed by atoms with E-state index in [1.807, 2.05) is 18.2 Å². The molecule has 2 amide bonds. The number of fused-ring (bicyclic) bond motifs is 2. The van der Waals surface area contributed by atoms with Gasteiger partial charge in [-0.3, -0.25) is 18.9 Å². The fraction of sp³-hybridized carbons (Fsp3) is 0.385. The summed E-state index contributed by atoms with van der Waals surface area (Å²) in [7, 11) is 0. The number of aryl methyl sites for hydroxylation is 2.